The molecule has 2 saturated carbocycles. The van der Waals surface area contributed by atoms with E-state index in [4.69, 9.17) is 4.74 Å². The summed E-state index contributed by atoms with van der Waals surface area (Å²) in [5.74, 6) is 0.330. The lowest BCUT2D eigenvalue weighted by Gasteiger charge is -2.42. The van der Waals surface area contributed by atoms with Crippen LogP contribution in [0.5, 0.6) is 0 Å². The average molecular weight is 389 g/mol. The molecule has 2 aromatic carbocycles. The van der Waals surface area contributed by atoms with Crippen LogP contribution in [0.1, 0.15) is 59.9 Å². The van der Waals surface area contributed by atoms with Crippen LogP contribution >= 0.6 is 0 Å². The minimum atomic E-state index is -0.805. The van der Waals surface area contributed by atoms with E-state index in [-0.39, 0.29) is 18.1 Å². The zero-order valence-electron chi connectivity index (χ0n) is 16.8. The lowest BCUT2D eigenvalue weighted by atomic mass is 9.65. The van der Waals surface area contributed by atoms with E-state index in [1.807, 2.05) is 30.3 Å². The lowest BCUT2D eigenvalue weighted by molar-refractivity contribution is 0.00135. The standard InChI is InChI=1S/C25H27NO3/c1-16-7-6-10-19-20-11-12-25(28)15-24(20,13-17(25)2)22(21(16)19)26-23(27)29-14-18-8-4-3-5-9-18/h3-10,20,22,28H,2,11-15H2,1H3,(H,26,27)/t20-,22-,24-,25-/m0/s1. The Labute approximate surface area is 171 Å². The summed E-state index contributed by atoms with van der Waals surface area (Å²) in [6.07, 6.45) is 2.66. The molecule has 3 aliphatic rings. The van der Waals surface area contributed by atoms with Crippen LogP contribution in [0, 0.1) is 12.3 Å². The normalized spacial score (nSPS) is 31.9. The van der Waals surface area contributed by atoms with Crippen molar-refractivity contribution in [2.45, 2.75) is 56.8 Å². The van der Waals surface area contributed by atoms with Gasteiger partial charge in [0.1, 0.15) is 6.61 Å². The van der Waals surface area contributed by atoms with Gasteiger partial charge in [-0.15, -0.1) is 0 Å². The van der Waals surface area contributed by atoms with Crippen molar-refractivity contribution in [3.05, 3.63) is 82.9 Å². The fourth-order valence-electron chi connectivity index (χ4n) is 6.13. The van der Waals surface area contributed by atoms with E-state index >= 15 is 0 Å². The molecule has 1 amide bonds. The number of carbonyl (C=O) groups excluding carboxylic acids is 1. The number of carbonyl (C=O) groups is 1. The minimum Gasteiger partial charge on any atom is -0.445 e. The molecule has 0 aliphatic heterocycles. The zero-order valence-corrected chi connectivity index (χ0v) is 16.8. The first-order chi connectivity index (χ1) is 13.9. The first kappa shape index (κ1) is 18.4. The summed E-state index contributed by atoms with van der Waals surface area (Å²) in [5.41, 5.74) is 4.55. The minimum absolute atomic E-state index is 0.168. The van der Waals surface area contributed by atoms with Gasteiger partial charge in [0.15, 0.2) is 0 Å². The Morgan fingerprint density at radius 3 is 2.83 bits per heavy atom. The number of fused-ring (bicyclic) bond motifs is 3. The van der Waals surface area contributed by atoms with Crippen LogP contribution in [0.25, 0.3) is 0 Å². The predicted molar refractivity (Wildman–Crippen MR) is 111 cm³/mol. The molecule has 2 fully saturated rings. The Bertz CT molecular complexity index is 985. The van der Waals surface area contributed by atoms with Crippen molar-refractivity contribution in [3.8, 4) is 0 Å². The van der Waals surface area contributed by atoms with Crippen molar-refractivity contribution < 1.29 is 14.6 Å². The van der Waals surface area contributed by atoms with E-state index in [0.717, 1.165) is 30.4 Å². The van der Waals surface area contributed by atoms with Crippen molar-refractivity contribution >= 4 is 6.09 Å². The highest BCUT2D eigenvalue weighted by Crippen LogP contribution is 2.70. The molecule has 3 aliphatic carbocycles. The number of hydrogen-bond acceptors (Lipinski definition) is 3. The van der Waals surface area contributed by atoms with Gasteiger partial charge in [0.05, 0.1) is 11.6 Å². The summed E-state index contributed by atoms with van der Waals surface area (Å²) >= 11 is 0. The number of amides is 1. The maximum atomic E-state index is 12.8. The van der Waals surface area contributed by atoms with E-state index in [1.54, 1.807) is 0 Å². The average Bonchev–Trinajstić information content (AvgIpc) is 3.08. The highest BCUT2D eigenvalue weighted by molar-refractivity contribution is 5.69. The third kappa shape index (κ3) is 2.73. The van der Waals surface area contributed by atoms with E-state index in [1.165, 1.54) is 16.7 Å². The topological polar surface area (TPSA) is 58.6 Å². The van der Waals surface area contributed by atoms with Crippen molar-refractivity contribution in [1.82, 2.24) is 5.32 Å². The van der Waals surface area contributed by atoms with E-state index in [9.17, 15) is 9.90 Å². The highest BCUT2D eigenvalue weighted by atomic mass is 16.5. The summed E-state index contributed by atoms with van der Waals surface area (Å²) in [6.45, 7) is 6.55. The van der Waals surface area contributed by atoms with Crippen LogP contribution < -0.4 is 5.32 Å². The van der Waals surface area contributed by atoms with Gasteiger partial charge >= 0.3 is 6.09 Å². The van der Waals surface area contributed by atoms with Crippen LogP contribution in [-0.2, 0) is 11.3 Å². The van der Waals surface area contributed by atoms with Crippen LogP contribution in [0.15, 0.2) is 60.7 Å². The maximum Gasteiger partial charge on any atom is 0.407 e. The second-order valence-electron chi connectivity index (χ2n) is 9.03. The number of rotatable bonds is 3. The largest absolute Gasteiger partial charge is 0.445 e. The lowest BCUT2D eigenvalue weighted by Crippen LogP contribution is -2.43. The van der Waals surface area contributed by atoms with Gasteiger partial charge in [-0.1, -0.05) is 55.1 Å². The second kappa shape index (κ2) is 6.46. The molecule has 150 valence electrons. The summed E-state index contributed by atoms with van der Waals surface area (Å²) in [7, 11) is 0. The quantitative estimate of drug-likeness (QED) is 0.733. The summed E-state index contributed by atoms with van der Waals surface area (Å²) in [5, 5.41) is 14.3. The predicted octanol–water partition coefficient (Wildman–Crippen LogP) is 4.92. The molecule has 1 spiro atoms. The SMILES string of the molecule is C=C1C[C@]23C[C@@]1(O)CC[C@H]2c1cccc(C)c1[C@@H]3NC(=O)OCc1ccccc1. The molecule has 4 heteroatoms. The first-order valence-corrected chi connectivity index (χ1v) is 10.4. The van der Waals surface area contributed by atoms with Gasteiger partial charge in [0.2, 0.25) is 0 Å². The van der Waals surface area contributed by atoms with Gasteiger partial charge in [-0.25, -0.2) is 4.79 Å². The third-order valence-electron chi connectivity index (χ3n) is 7.43. The van der Waals surface area contributed by atoms with Crippen LogP contribution in [-0.4, -0.2) is 16.8 Å². The van der Waals surface area contributed by atoms with Crippen molar-refractivity contribution in [3.63, 3.8) is 0 Å². The molecule has 29 heavy (non-hydrogen) atoms. The molecule has 2 bridgehead atoms. The number of hydrogen-bond donors (Lipinski definition) is 2. The Morgan fingerprint density at radius 2 is 2.03 bits per heavy atom. The number of nitrogens with one attached hydrogen (secondary N) is 1. The summed E-state index contributed by atoms with van der Waals surface area (Å²) < 4.78 is 5.54. The molecule has 0 radical (unpaired) electrons. The Morgan fingerprint density at radius 1 is 1.24 bits per heavy atom. The Hall–Kier alpha value is -2.59. The monoisotopic (exact) mass is 389 g/mol. The van der Waals surface area contributed by atoms with Gasteiger partial charge in [-0.3, -0.25) is 0 Å². The Kier molecular flexibility index (Phi) is 4.11. The highest BCUT2D eigenvalue weighted by Gasteiger charge is 2.64. The molecular formula is C25H27NO3. The van der Waals surface area contributed by atoms with E-state index in [2.05, 4.69) is 37.0 Å². The number of alkyl carbamates (subject to hydrolysis) is 1. The number of benzene rings is 2. The van der Waals surface area contributed by atoms with Gasteiger partial charge in [-0.2, -0.15) is 0 Å². The molecule has 0 heterocycles. The molecular weight excluding hydrogens is 362 g/mol. The third-order valence-corrected chi connectivity index (χ3v) is 7.43. The van der Waals surface area contributed by atoms with Crippen LogP contribution in [0.4, 0.5) is 4.79 Å². The van der Waals surface area contributed by atoms with Gasteiger partial charge in [-0.05, 0) is 66.4 Å². The van der Waals surface area contributed by atoms with E-state index in [0.29, 0.717) is 12.3 Å². The summed E-state index contributed by atoms with van der Waals surface area (Å²) in [6, 6.07) is 15.9. The molecule has 2 N–H and O–H groups in total. The van der Waals surface area contributed by atoms with Crippen LogP contribution in [0.3, 0.4) is 0 Å². The molecule has 0 saturated heterocycles. The van der Waals surface area contributed by atoms with Gasteiger partial charge in [0, 0.05) is 5.41 Å². The molecule has 5 rings (SSSR count). The van der Waals surface area contributed by atoms with Gasteiger partial charge in [0.25, 0.3) is 0 Å². The fraction of sp³-hybridized carbons (Fsp3) is 0.400. The number of ether oxygens (including phenoxy) is 1. The molecule has 4 atom stereocenters. The number of aliphatic hydroxyl groups is 1. The molecule has 0 aromatic heterocycles. The fourth-order valence-corrected chi connectivity index (χ4v) is 6.13. The zero-order chi connectivity index (χ0) is 20.2. The Balaban J connectivity index is 1.46. The van der Waals surface area contributed by atoms with E-state index < -0.39 is 11.7 Å². The van der Waals surface area contributed by atoms with Crippen molar-refractivity contribution in [2.24, 2.45) is 5.41 Å². The smallest absolute Gasteiger partial charge is 0.407 e. The summed E-state index contributed by atoms with van der Waals surface area (Å²) in [4.78, 5) is 12.8. The molecule has 4 nitrogen and oxygen atoms in total. The molecule has 2 aromatic rings. The van der Waals surface area contributed by atoms with Crippen molar-refractivity contribution in [2.75, 3.05) is 0 Å². The van der Waals surface area contributed by atoms with Crippen LogP contribution in [0.2, 0.25) is 0 Å². The second-order valence-corrected chi connectivity index (χ2v) is 9.03. The molecule has 0 unspecified atom stereocenters. The first-order valence-electron chi connectivity index (χ1n) is 10.4. The van der Waals surface area contributed by atoms with Crippen molar-refractivity contribution in [1.29, 1.82) is 0 Å². The van der Waals surface area contributed by atoms with Gasteiger partial charge < -0.3 is 15.2 Å². The number of aryl methyl sites for hydroxylation is 1. The maximum absolute atomic E-state index is 12.8.